The fourth-order valence-electron chi connectivity index (χ4n) is 5.33. The van der Waals surface area contributed by atoms with Gasteiger partial charge in [-0.15, -0.1) is 0 Å². The minimum absolute atomic E-state index is 0.0697. The number of H-pyrrole nitrogens is 1. The van der Waals surface area contributed by atoms with Crippen molar-refractivity contribution in [3.05, 3.63) is 36.3 Å². The van der Waals surface area contributed by atoms with Crippen molar-refractivity contribution in [1.82, 2.24) is 20.2 Å². The molecule has 1 aliphatic carbocycles. The molecular weight excluding hydrogens is 471 g/mol. The highest BCUT2D eigenvalue weighted by atomic mass is 16.7. The van der Waals surface area contributed by atoms with E-state index in [1.807, 2.05) is 76.9 Å². The van der Waals surface area contributed by atoms with Gasteiger partial charge >= 0.3 is 13.2 Å². The van der Waals surface area contributed by atoms with Crippen molar-refractivity contribution in [2.24, 2.45) is 11.8 Å². The molecular formula is C27H37BN4O5. The molecule has 3 fully saturated rings. The van der Waals surface area contributed by atoms with E-state index in [2.05, 4.69) is 15.3 Å². The summed E-state index contributed by atoms with van der Waals surface area (Å²) in [6, 6.07) is 7.50. The van der Waals surface area contributed by atoms with Crippen LogP contribution in [0.25, 0.3) is 11.3 Å². The van der Waals surface area contributed by atoms with Gasteiger partial charge in [-0.3, -0.25) is 4.79 Å². The summed E-state index contributed by atoms with van der Waals surface area (Å²) < 4.78 is 17.1. The van der Waals surface area contributed by atoms with Gasteiger partial charge in [0.1, 0.15) is 11.9 Å². The number of nitrogens with zero attached hydrogens (tertiary/aromatic N) is 2. The van der Waals surface area contributed by atoms with E-state index < -0.39 is 19.3 Å². The lowest BCUT2D eigenvalue weighted by molar-refractivity contribution is -0.136. The zero-order chi connectivity index (χ0) is 26.7. The average Bonchev–Trinajstić information content (AvgIpc) is 3.17. The van der Waals surface area contributed by atoms with Crippen LogP contribution < -0.4 is 10.8 Å². The molecule has 1 aromatic carbocycles. The van der Waals surface area contributed by atoms with Crippen molar-refractivity contribution in [3.8, 4) is 11.3 Å². The number of hydrogen-bond acceptors (Lipinski definition) is 6. The van der Waals surface area contributed by atoms with Crippen LogP contribution in [0, 0.1) is 11.8 Å². The number of carbonyl (C=O) groups is 2. The second kappa shape index (κ2) is 9.17. The SMILES string of the molecule is COC(=O)N[C@H](C(=O)N1[C@@H]2C[C@@H]2C[C@H]1c1ncc(-c2ccc(B3OC(C)(C)C(C)(C)O3)cc2)[nH]1)C(C)C. The third-order valence-corrected chi connectivity index (χ3v) is 8.41. The zero-order valence-corrected chi connectivity index (χ0v) is 22.7. The van der Waals surface area contributed by atoms with Gasteiger partial charge < -0.3 is 29.2 Å². The molecule has 37 heavy (non-hydrogen) atoms. The molecule has 0 unspecified atom stereocenters. The Morgan fingerprint density at radius 1 is 1.14 bits per heavy atom. The molecule has 10 heteroatoms. The predicted molar refractivity (Wildman–Crippen MR) is 140 cm³/mol. The first-order valence-corrected chi connectivity index (χ1v) is 13.1. The number of fused-ring (bicyclic) bond motifs is 1. The summed E-state index contributed by atoms with van der Waals surface area (Å²) in [7, 11) is 0.896. The lowest BCUT2D eigenvalue weighted by Gasteiger charge is -2.32. The summed E-state index contributed by atoms with van der Waals surface area (Å²) in [6.45, 7) is 12.0. The molecule has 3 aliphatic rings. The van der Waals surface area contributed by atoms with E-state index in [4.69, 9.17) is 14.0 Å². The molecule has 5 rings (SSSR count). The molecule has 3 heterocycles. The highest BCUT2D eigenvalue weighted by Gasteiger charge is 2.56. The van der Waals surface area contributed by atoms with Gasteiger partial charge in [0.2, 0.25) is 5.91 Å². The standard InChI is InChI=1S/C27H37BN4O5/c1-15(2)22(31-25(34)35-7)24(33)32-20-12-17(20)13-21(32)23-29-14-19(30-23)16-8-10-18(11-9-16)28-36-26(3,4)27(5,6)37-28/h8-11,14-15,17,20-22H,12-13H2,1-7H3,(H,29,30)(H,31,34)/t17-,20-,21+,22+/m1/s1. The fourth-order valence-corrected chi connectivity index (χ4v) is 5.33. The molecule has 0 radical (unpaired) electrons. The van der Waals surface area contributed by atoms with Crippen LogP contribution in [0.5, 0.6) is 0 Å². The van der Waals surface area contributed by atoms with Crippen molar-refractivity contribution < 1.29 is 23.6 Å². The van der Waals surface area contributed by atoms with E-state index in [0.717, 1.165) is 35.4 Å². The number of benzene rings is 1. The molecule has 1 saturated carbocycles. The molecule has 0 spiro atoms. The monoisotopic (exact) mass is 508 g/mol. The topological polar surface area (TPSA) is 106 Å². The lowest BCUT2D eigenvalue weighted by atomic mass is 9.79. The maximum absolute atomic E-state index is 13.6. The molecule has 4 atom stereocenters. The molecule has 1 aromatic heterocycles. The third kappa shape index (κ3) is 4.65. The van der Waals surface area contributed by atoms with Crippen molar-refractivity contribution in [2.75, 3.05) is 7.11 Å². The normalized spacial score (nSPS) is 26.2. The number of hydrogen-bond donors (Lipinski definition) is 2. The first kappa shape index (κ1) is 25.8. The predicted octanol–water partition coefficient (Wildman–Crippen LogP) is 3.42. The minimum Gasteiger partial charge on any atom is -0.453 e. The smallest absolute Gasteiger partial charge is 0.453 e. The highest BCUT2D eigenvalue weighted by Crippen LogP contribution is 2.53. The maximum Gasteiger partial charge on any atom is 0.494 e. The van der Waals surface area contributed by atoms with E-state index in [1.165, 1.54) is 7.11 Å². The number of carbonyl (C=O) groups excluding carboxylic acids is 2. The number of piperidine rings is 1. The largest absolute Gasteiger partial charge is 0.494 e. The molecule has 198 valence electrons. The van der Waals surface area contributed by atoms with Gasteiger partial charge in [0, 0.05) is 6.04 Å². The molecule has 2 N–H and O–H groups in total. The number of imidazole rings is 1. The molecule has 2 amide bonds. The fraction of sp³-hybridized carbons (Fsp3) is 0.593. The van der Waals surface area contributed by atoms with E-state index in [-0.39, 0.29) is 35.1 Å². The van der Waals surface area contributed by atoms with Crippen LogP contribution in [0.2, 0.25) is 0 Å². The van der Waals surface area contributed by atoms with Crippen molar-refractivity contribution in [3.63, 3.8) is 0 Å². The average molecular weight is 508 g/mol. The van der Waals surface area contributed by atoms with Gasteiger partial charge in [-0.2, -0.15) is 0 Å². The van der Waals surface area contributed by atoms with Crippen LogP contribution >= 0.6 is 0 Å². The van der Waals surface area contributed by atoms with Crippen molar-refractivity contribution >= 4 is 24.6 Å². The number of aromatic nitrogens is 2. The summed E-state index contributed by atoms with van der Waals surface area (Å²) in [5, 5.41) is 2.72. The summed E-state index contributed by atoms with van der Waals surface area (Å²) in [5.74, 6) is 1.10. The van der Waals surface area contributed by atoms with Crippen molar-refractivity contribution in [1.29, 1.82) is 0 Å². The molecule has 2 saturated heterocycles. The number of nitrogens with one attached hydrogen (secondary N) is 2. The Labute approximate surface area is 218 Å². The second-order valence-corrected chi connectivity index (χ2v) is 11.8. The minimum atomic E-state index is -0.647. The second-order valence-electron chi connectivity index (χ2n) is 11.8. The quantitative estimate of drug-likeness (QED) is 0.580. The third-order valence-electron chi connectivity index (χ3n) is 8.41. The summed E-state index contributed by atoms with van der Waals surface area (Å²) in [6.07, 6.45) is 3.09. The maximum atomic E-state index is 13.6. The molecule has 0 bridgehead atoms. The Bertz CT molecular complexity index is 1160. The number of likely N-dealkylation sites (tertiary alicyclic amines) is 1. The van der Waals surface area contributed by atoms with Gasteiger partial charge in [0.15, 0.2) is 0 Å². The van der Waals surface area contributed by atoms with E-state index >= 15 is 0 Å². The first-order valence-electron chi connectivity index (χ1n) is 13.1. The summed E-state index contributed by atoms with van der Waals surface area (Å²) in [4.78, 5) is 35.5. The van der Waals surface area contributed by atoms with Crippen LogP contribution in [-0.4, -0.2) is 64.4 Å². The van der Waals surface area contributed by atoms with Gasteiger partial charge in [0.25, 0.3) is 0 Å². The van der Waals surface area contributed by atoms with Gasteiger partial charge in [-0.05, 0) is 63.4 Å². The Balaban J connectivity index is 1.32. The van der Waals surface area contributed by atoms with Gasteiger partial charge in [0.05, 0.1) is 36.2 Å². The van der Waals surface area contributed by atoms with E-state index in [9.17, 15) is 9.59 Å². The zero-order valence-electron chi connectivity index (χ0n) is 22.7. The number of aromatic amines is 1. The summed E-state index contributed by atoms with van der Waals surface area (Å²) >= 11 is 0. The van der Waals surface area contributed by atoms with Crippen molar-refractivity contribution in [2.45, 2.75) is 83.7 Å². The Morgan fingerprint density at radius 3 is 2.38 bits per heavy atom. The van der Waals surface area contributed by atoms with E-state index in [1.54, 1.807) is 0 Å². The van der Waals surface area contributed by atoms with Gasteiger partial charge in [-0.25, -0.2) is 9.78 Å². The number of ether oxygens (including phenoxy) is 1. The van der Waals surface area contributed by atoms with Crippen LogP contribution in [0.1, 0.15) is 66.3 Å². The number of methoxy groups -OCH3 is 1. The van der Waals surface area contributed by atoms with Crippen LogP contribution in [0.3, 0.4) is 0 Å². The Morgan fingerprint density at radius 2 is 1.78 bits per heavy atom. The lowest BCUT2D eigenvalue weighted by Crippen LogP contribution is -2.52. The van der Waals surface area contributed by atoms with Crippen LogP contribution in [-0.2, 0) is 18.8 Å². The highest BCUT2D eigenvalue weighted by molar-refractivity contribution is 6.62. The first-order chi connectivity index (χ1) is 17.4. The van der Waals surface area contributed by atoms with E-state index in [0.29, 0.717) is 5.92 Å². The summed E-state index contributed by atoms with van der Waals surface area (Å²) in [5.41, 5.74) is 2.07. The van der Waals surface area contributed by atoms with Gasteiger partial charge in [-0.1, -0.05) is 38.1 Å². The molecule has 2 aromatic rings. The van der Waals surface area contributed by atoms with Crippen LogP contribution in [0.15, 0.2) is 30.5 Å². The Hall–Kier alpha value is -2.85. The molecule has 2 aliphatic heterocycles. The van der Waals surface area contributed by atoms with Crippen LogP contribution in [0.4, 0.5) is 4.79 Å². The number of rotatable bonds is 6. The Kier molecular flexibility index (Phi) is 6.39. The molecule has 9 nitrogen and oxygen atoms in total. The number of amides is 2. The number of alkyl carbamates (subject to hydrolysis) is 1.